The van der Waals surface area contributed by atoms with E-state index in [0.29, 0.717) is 25.3 Å². The van der Waals surface area contributed by atoms with Crippen LogP contribution in [0.3, 0.4) is 0 Å². The van der Waals surface area contributed by atoms with Crippen LogP contribution in [0.2, 0.25) is 19.6 Å². The maximum Gasteiger partial charge on any atom is 0.331 e. The van der Waals surface area contributed by atoms with Crippen molar-refractivity contribution in [1.29, 1.82) is 0 Å². The highest BCUT2D eigenvalue weighted by Gasteiger charge is 2.19. The third-order valence-corrected chi connectivity index (χ3v) is 2.64. The second-order valence-corrected chi connectivity index (χ2v) is 9.31. The monoisotopic (exact) mass is 288 g/mol. The van der Waals surface area contributed by atoms with Crippen molar-refractivity contribution in [3.05, 3.63) is 12.2 Å². The van der Waals surface area contributed by atoms with Gasteiger partial charge < -0.3 is 14.3 Å². The first-order chi connectivity index (χ1) is 8.70. The van der Waals surface area contributed by atoms with E-state index in [0.717, 1.165) is 6.08 Å². The van der Waals surface area contributed by atoms with Gasteiger partial charge in [0.1, 0.15) is 0 Å². The van der Waals surface area contributed by atoms with Gasteiger partial charge in [-0.1, -0.05) is 0 Å². The molecule has 0 aliphatic rings. The lowest BCUT2D eigenvalue weighted by Gasteiger charge is -2.17. The number of carboxylic acid groups (broad SMARTS) is 1. The van der Waals surface area contributed by atoms with E-state index >= 15 is 0 Å². The van der Waals surface area contributed by atoms with Crippen molar-refractivity contribution in [3.8, 4) is 0 Å². The molecule has 0 rings (SSSR count). The normalized spacial score (nSPS) is 11.3. The molecule has 0 heterocycles. The van der Waals surface area contributed by atoms with Crippen LogP contribution in [0.4, 0.5) is 0 Å². The number of unbranched alkanes of at least 4 members (excludes halogenated alkanes) is 1. The summed E-state index contributed by atoms with van der Waals surface area (Å²) in [5.74, 6) is -2.13. The van der Waals surface area contributed by atoms with E-state index in [-0.39, 0.29) is 12.6 Å². The minimum absolute atomic E-state index is 0.156. The molecule has 0 saturated carbocycles. The molecule has 0 amide bonds. The second kappa shape index (κ2) is 8.47. The van der Waals surface area contributed by atoms with Crippen LogP contribution in [0.1, 0.15) is 19.3 Å². The highest BCUT2D eigenvalue weighted by atomic mass is 28.4. The number of ether oxygens (including phenoxy) is 1. The van der Waals surface area contributed by atoms with E-state index in [1.165, 1.54) is 0 Å². The van der Waals surface area contributed by atoms with Crippen molar-refractivity contribution in [3.63, 3.8) is 0 Å². The standard InChI is InChI=1S/C12H20O6Si/c1-19(2,3)18-12(16)6-4-5-9-17-11(15)8-7-10(13)14/h7-8H,4-6,9H2,1-3H3,(H,13,14)/b8-7+. The summed E-state index contributed by atoms with van der Waals surface area (Å²) in [6.07, 6.45) is 2.97. The fourth-order valence-corrected chi connectivity index (χ4v) is 1.91. The maximum atomic E-state index is 11.4. The van der Waals surface area contributed by atoms with E-state index in [1.54, 1.807) is 0 Å². The van der Waals surface area contributed by atoms with Gasteiger partial charge in [-0.15, -0.1) is 0 Å². The number of carbonyl (C=O) groups is 3. The highest BCUT2D eigenvalue weighted by molar-refractivity contribution is 6.71. The first-order valence-corrected chi connectivity index (χ1v) is 9.41. The number of carbonyl (C=O) groups excluding carboxylic acids is 2. The fourth-order valence-electron chi connectivity index (χ4n) is 1.12. The van der Waals surface area contributed by atoms with Crippen LogP contribution in [0.15, 0.2) is 12.2 Å². The first kappa shape index (κ1) is 17.4. The molecule has 108 valence electrons. The largest absolute Gasteiger partial charge is 0.520 e. The van der Waals surface area contributed by atoms with Crippen molar-refractivity contribution in [2.75, 3.05) is 6.61 Å². The van der Waals surface area contributed by atoms with Crippen LogP contribution in [0.25, 0.3) is 0 Å². The quantitative estimate of drug-likeness (QED) is 0.316. The summed E-state index contributed by atoms with van der Waals surface area (Å²) in [5.41, 5.74) is 0. The summed E-state index contributed by atoms with van der Waals surface area (Å²) in [4.78, 5) is 32.5. The number of esters is 1. The molecule has 0 fully saturated rings. The Hall–Kier alpha value is -1.63. The highest BCUT2D eigenvalue weighted by Crippen LogP contribution is 2.06. The smallest absolute Gasteiger partial charge is 0.331 e. The molecule has 7 heteroatoms. The lowest BCUT2D eigenvalue weighted by molar-refractivity contribution is -0.139. The fraction of sp³-hybridized carbons (Fsp3) is 0.583. The molecule has 1 N–H and O–H groups in total. The maximum absolute atomic E-state index is 11.4. The lowest BCUT2D eigenvalue weighted by Crippen LogP contribution is -2.29. The molecule has 0 spiro atoms. The van der Waals surface area contributed by atoms with E-state index in [9.17, 15) is 14.4 Å². The van der Waals surface area contributed by atoms with Gasteiger partial charge in [0.25, 0.3) is 5.97 Å². The van der Waals surface area contributed by atoms with Crippen LogP contribution in [-0.4, -0.2) is 37.9 Å². The van der Waals surface area contributed by atoms with Gasteiger partial charge in [0.15, 0.2) is 0 Å². The van der Waals surface area contributed by atoms with Gasteiger partial charge in [-0.05, 0) is 32.5 Å². The number of hydrogen-bond acceptors (Lipinski definition) is 5. The minimum atomic E-state index is -1.83. The topological polar surface area (TPSA) is 89.9 Å². The predicted molar refractivity (Wildman–Crippen MR) is 71.0 cm³/mol. The summed E-state index contributed by atoms with van der Waals surface area (Å²) >= 11 is 0. The first-order valence-electron chi connectivity index (χ1n) is 6.00. The van der Waals surface area contributed by atoms with E-state index in [2.05, 4.69) is 0 Å². The van der Waals surface area contributed by atoms with Crippen LogP contribution >= 0.6 is 0 Å². The minimum Gasteiger partial charge on any atom is -0.520 e. The zero-order valence-electron chi connectivity index (χ0n) is 11.5. The van der Waals surface area contributed by atoms with E-state index in [4.69, 9.17) is 14.3 Å². The molecule has 0 aromatic carbocycles. The Morgan fingerprint density at radius 1 is 1.11 bits per heavy atom. The van der Waals surface area contributed by atoms with Gasteiger partial charge in [-0.3, -0.25) is 4.79 Å². The number of aliphatic carboxylic acids is 1. The molecule has 0 unspecified atom stereocenters. The van der Waals surface area contributed by atoms with Crippen LogP contribution in [0, 0.1) is 0 Å². The summed E-state index contributed by atoms with van der Waals surface area (Å²) in [6.45, 7) is 5.95. The average molecular weight is 288 g/mol. The molecule has 0 aromatic heterocycles. The summed E-state index contributed by atoms with van der Waals surface area (Å²) in [7, 11) is -1.83. The SMILES string of the molecule is C[Si](C)(C)OC(=O)CCCCOC(=O)/C=C/C(=O)O. The van der Waals surface area contributed by atoms with Gasteiger partial charge in [0.05, 0.1) is 6.61 Å². The zero-order chi connectivity index (χ0) is 14.9. The molecule has 19 heavy (non-hydrogen) atoms. The molecule has 0 saturated heterocycles. The Morgan fingerprint density at radius 3 is 2.26 bits per heavy atom. The van der Waals surface area contributed by atoms with Crippen LogP contribution in [-0.2, 0) is 23.5 Å². The van der Waals surface area contributed by atoms with Crippen LogP contribution < -0.4 is 0 Å². The average Bonchev–Trinajstić information content (AvgIpc) is 2.23. The van der Waals surface area contributed by atoms with Crippen molar-refractivity contribution in [1.82, 2.24) is 0 Å². The molecule has 0 atom stereocenters. The molecule has 0 bridgehead atoms. The van der Waals surface area contributed by atoms with Crippen molar-refractivity contribution in [2.24, 2.45) is 0 Å². The Labute approximate surface area is 113 Å². The zero-order valence-corrected chi connectivity index (χ0v) is 12.5. The van der Waals surface area contributed by atoms with Gasteiger partial charge >= 0.3 is 11.9 Å². The van der Waals surface area contributed by atoms with Crippen molar-refractivity contribution < 1.29 is 28.7 Å². The molecule has 0 radical (unpaired) electrons. The molecular weight excluding hydrogens is 268 g/mol. The summed E-state index contributed by atoms with van der Waals surface area (Å²) < 4.78 is 9.99. The van der Waals surface area contributed by atoms with Crippen molar-refractivity contribution >= 4 is 26.2 Å². The Balaban J connectivity index is 3.63. The number of carboxylic acids is 1. The molecule has 0 aromatic rings. The van der Waals surface area contributed by atoms with Gasteiger partial charge in [0, 0.05) is 18.6 Å². The number of rotatable bonds is 8. The van der Waals surface area contributed by atoms with E-state index in [1.807, 2.05) is 19.6 Å². The molecule has 0 aliphatic carbocycles. The van der Waals surface area contributed by atoms with Crippen molar-refractivity contribution in [2.45, 2.75) is 38.9 Å². The molecular formula is C12H20O6Si. The third kappa shape index (κ3) is 12.6. The second-order valence-electron chi connectivity index (χ2n) is 4.88. The Bertz CT molecular complexity index is 356. The lowest BCUT2D eigenvalue weighted by atomic mass is 10.2. The third-order valence-electron chi connectivity index (χ3n) is 1.80. The Morgan fingerprint density at radius 2 is 1.74 bits per heavy atom. The Kier molecular flexibility index (Phi) is 7.74. The van der Waals surface area contributed by atoms with Gasteiger partial charge in [-0.25, -0.2) is 9.59 Å². The summed E-state index contributed by atoms with van der Waals surface area (Å²) in [5, 5.41) is 8.28. The van der Waals surface area contributed by atoms with Gasteiger partial charge in [-0.2, -0.15) is 0 Å². The predicted octanol–water partition coefficient (Wildman–Crippen LogP) is 1.72. The molecule has 0 aliphatic heterocycles. The van der Waals surface area contributed by atoms with E-state index < -0.39 is 20.3 Å². The summed E-state index contributed by atoms with van der Waals surface area (Å²) in [6, 6.07) is 0. The number of hydrogen-bond donors (Lipinski definition) is 1. The van der Waals surface area contributed by atoms with Crippen LogP contribution in [0.5, 0.6) is 0 Å². The van der Waals surface area contributed by atoms with Gasteiger partial charge in [0.2, 0.25) is 8.32 Å². The molecule has 6 nitrogen and oxygen atoms in total.